The van der Waals surface area contributed by atoms with Gasteiger partial charge in [-0.2, -0.15) is 0 Å². The van der Waals surface area contributed by atoms with Gasteiger partial charge in [0.05, 0.1) is 61.9 Å². The molecule has 7 aliphatic rings. The molecule has 6 aromatic heterocycles. The number of imidazole rings is 2. The lowest BCUT2D eigenvalue weighted by Gasteiger charge is -2.52. The molecule has 15 rings (SSSR count). The maximum atomic E-state index is 13.5. The summed E-state index contributed by atoms with van der Waals surface area (Å²) in [4.78, 5) is 31.7. The van der Waals surface area contributed by atoms with Gasteiger partial charge in [-0.15, -0.1) is 0 Å². The van der Waals surface area contributed by atoms with E-state index in [9.17, 15) is 30.0 Å². The molecule has 0 aliphatic heterocycles. The van der Waals surface area contributed by atoms with Crippen molar-refractivity contribution < 1.29 is 34.8 Å². The second-order valence-corrected chi connectivity index (χ2v) is 28.7. The van der Waals surface area contributed by atoms with Gasteiger partial charge in [-0.05, 0) is 161 Å². The van der Waals surface area contributed by atoms with E-state index in [0.29, 0.717) is 22.3 Å². The van der Waals surface area contributed by atoms with Crippen LogP contribution in [0.1, 0.15) is 133 Å². The second-order valence-electron chi connectivity index (χ2n) is 23.1. The number of hydrogen-bond donors (Lipinski definition) is 2. The summed E-state index contributed by atoms with van der Waals surface area (Å²) in [5.74, 6) is 1.86. The van der Waals surface area contributed by atoms with Crippen LogP contribution < -0.4 is 10.0 Å². The molecule has 18 nitrogen and oxygen atoms in total. The summed E-state index contributed by atoms with van der Waals surface area (Å²) in [7, 11) is -10.9. The number of aromatic nitrogens is 8. The van der Waals surface area contributed by atoms with Crippen molar-refractivity contribution in [3.05, 3.63) is 121 Å². The Morgan fingerprint density at radius 3 is 1.33 bits per heavy atom. The Bertz CT molecular complexity index is 3890. The lowest BCUT2D eigenvalue weighted by Crippen LogP contribution is -2.58. The number of amides is 1. The first-order valence-electron chi connectivity index (χ1n) is 25.9. The lowest BCUT2D eigenvalue weighted by atomic mass is 9.57. The number of hydrogen-bond acceptors (Lipinski definition) is 12. The highest BCUT2D eigenvalue weighted by atomic mass is 32.2. The van der Waals surface area contributed by atoms with E-state index >= 15 is 0 Å². The lowest BCUT2D eigenvalue weighted by molar-refractivity contribution is 0.0246. The standard InChI is InChI=1S/C28H33N5O4S.C26H29N5O4S2/c1-19-5-7-21(8-6-19)38(35,36)32-16-9-22-23(32)29-17-20-18-30-24(33(20)22)27-10-13-28(14-11-27,15-12-27)31-25(34)37-26(2,3)4;1-18-2-4-21(5-3-18)37(34,35)30-15-8-22-23(30)27-16-19-17-28-24(31(19)22)25-9-12-26(13-10-25,14-11-25)29-36(32,33)20-6-7-20/h5-9,16-18H,10-15H2,1-4H3,(H,31,34);2-5,8,15-17,20,29H,6-7,9-14H2,1H3. The van der Waals surface area contributed by atoms with E-state index in [4.69, 9.17) is 14.7 Å². The number of ether oxygens (including phenoxy) is 1. The van der Waals surface area contributed by atoms with Crippen molar-refractivity contribution in [2.24, 2.45) is 0 Å². The number of sulfonamides is 1. The largest absolute Gasteiger partial charge is 0.444 e. The molecule has 2 N–H and O–H groups in total. The second kappa shape index (κ2) is 17.2. The molecule has 8 aromatic rings. The zero-order chi connectivity index (χ0) is 52.6. The molecular weight excluding hydrogens is 1010 g/mol. The van der Waals surface area contributed by atoms with Crippen LogP contribution in [0, 0.1) is 13.8 Å². The first kappa shape index (κ1) is 49.7. The highest BCUT2D eigenvalue weighted by molar-refractivity contribution is 7.90. The van der Waals surface area contributed by atoms with Crippen LogP contribution >= 0.6 is 0 Å². The van der Waals surface area contributed by atoms with Gasteiger partial charge in [0, 0.05) is 34.3 Å². The van der Waals surface area contributed by atoms with Crippen LogP contribution in [0.15, 0.2) is 108 Å². The predicted molar refractivity (Wildman–Crippen MR) is 283 cm³/mol. The summed E-state index contributed by atoms with van der Waals surface area (Å²) in [6, 6.07) is 17.2. The van der Waals surface area contributed by atoms with Crippen molar-refractivity contribution in [1.82, 2.24) is 46.7 Å². The number of rotatable bonds is 10. The molecule has 0 atom stereocenters. The number of benzene rings is 2. The molecule has 75 heavy (non-hydrogen) atoms. The fourth-order valence-electron chi connectivity index (χ4n) is 12.5. The SMILES string of the molecule is Cc1ccc(S(=O)(=O)n2ccc3c2ncc2cnc(C45CCC(NC(=O)OC(C)(C)C)(CC4)CC5)n23)cc1.Cc1ccc(S(=O)(=O)n2ccc3c2ncc2cnc(C45CCC(NS(=O)(=O)C6CC6)(CC4)CC5)n23)cc1. The molecule has 7 saturated carbocycles. The predicted octanol–water partition coefficient (Wildman–Crippen LogP) is 8.75. The Labute approximate surface area is 436 Å². The third-order valence-electron chi connectivity index (χ3n) is 17.0. The number of nitrogens with one attached hydrogen (secondary N) is 2. The van der Waals surface area contributed by atoms with Crippen LogP contribution in [0.4, 0.5) is 4.79 Å². The smallest absolute Gasteiger partial charge is 0.408 e. The van der Waals surface area contributed by atoms with E-state index in [0.717, 1.165) is 124 Å². The van der Waals surface area contributed by atoms with Crippen LogP contribution in [0.5, 0.6) is 0 Å². The van der Waals surface area contributed by atoms with E-state index in [1.54, 1.807) is 85.6 Å². The van der Waals surface area contributed by atoms with Crippen molar-refractivity contribution in [3.8, 4) is 0 Å². The summed E-state index contributed by atoms with van der Waals surface area (Å²) in [5, 5.41) is 2.96. The van der Waals surface area contributed by atoms with Crippen LogP contribution in [0.3, 0.4) is 0 Å². The van der Waals surface area contributed by atoms with Gasteiger partial charge in [-0.3, -0.25) is 8.80 Å². The van der Waals surface area contributed by atoms with Crippen LogP contribution in [-0.2, 0) is 45.6 Å². The molecule has 7 fully saturated rings. The van der Waals surface area contributed by atoms with Crippen molar-refractivity contribution in [2.45, 2.75) is 167 Å². The maximum absolute atomic E-state index is 13.5. The molecule has 21 heteroatoms. The van der Waals surface area contributed by atoms with E-state index in [1.807, 2.05) is 46.9 Å². The number of aryl methyl sites for hydroxylation is 2. The molecule has 1 amide bonds. The quantitative estimate of drug-likeness (QED) is 0.131. The van der Waals surface area contributed by atoms with Crippen LogP contribution in [0.2, 0.25) is 0 Å². The highest BCUT2D eigenvalue weighted by Gasteiger charge is 2.55. The third-order valence-corrected chi connectivity index (χ3v) is 22.4. The Morgan fingerprint density at radius 2 is 0.947 bits per heavy atom. The summed E-state index contributed by atoms with van der Waals surface area (Å²) < 4.78 is 94.5. The van der Waals surface area contributed by atoms with Crippen molar-refractivity contribution in [1.29, 1.82) is 0 Å². The molecule has 6 heterocycles. The van der Waals surface area contributed by atoms with Gasteiger partial charge in [0.15, 0.2) is 11.3 Å². The number of carbonyl (C=O) groups is 1. The van der Waals surface area contributed by atoms with Crippen LogP contribution in [0.25, 0.3) is 33.4 Å². The van der Waals surface area contributed by atoms with E-state index in [-0.39, 0.29) is 43.0 Å². The topological polar surface area (TPSA) is 223 Å². The summed E-state index contributed by atoms with van der Waals surface area (Å²) in [6.45, 7) is 9.45. The number of alkyl carbamates (subject to hydrolysis) is 1. The van der Waals surface area contributed by atoms with Gasteiger partial charge in [0.2, 0.25) is 10.0 Å². The normalized spacial score (nSPS) is 25.0. The molecule has 0 radical (unpaired) electrons. The van der Waals surface area contributed by atoms with Crippen molar-refractivity contribution in [2.75, 3.05) is 0 Å². The molecule has 0 spiro atoms. The molecule has 394 valence electrons. The first-order valence-corrected chi connectivity index (χ1v) is 30.3. The van der Waals surface area contributed by atoms with E-state index in [2.05, 4.69) is 28.8 Å². The Balaban J connectivity index is 0.000000152. The molecule has 0 saturated heterocycles. The molecular formula is C54H62N10O8S3. The van der Waals surface area contributed by atoms with E-state index < -0.39 is 35.7 Å². The third kappa shape index (κ3) is 8.42. The Morgan fingerprint density at radius 1 is 0.560 bits per heavy atom. The molecule has 7 aliphatic carbocycles. The monoisotopic (exact) mass is 1070 g/mol. The fourth-order valence-corrected chi connectivity index (χ4v) is 16.9. The Hall–Kier alpha value is -6.16. The average molecular weight is 1080 g/mol. The summed E-state index contributed by atoms with van der Waals surface area (Å²) >= 11 is 0. The molecule has 2 aromatic carbocycles. The van der Waals surface area contributed by atoms with Gasteiger partial charge in [0.1, 0.15) is 17.2 Å². The minimum Gasteiger partial charge on any atom is -0.444 e. The van der Waals surface area contributed by atoms with E-state index in [1.165, 1.54) is 7.94 Å². The zero-order valence-corrected chi connectivity index (χ0v) is 45.2. The van der Waals surface area contributed by atoms with Gasteiger partial charge in [-0.25, -0.2) is 62.7 Å². The first-order chi connectivity index (χ1) is 35.5. The minimum absolute atomic E-state index is 0.143. The average Bonchev–Trinajstić information content (AvgIpc) is 3.70. The van der Waals surface area contributed by atoms with Gasteiger partial charge in [-0.1, -0.05) is 35.4 Å². The zero-order valence-electron chi connectivity index (χ0n) is 42.8. The summed E-state index contributed by atoms with van der Waals surface area (Å²) in [6.07, 6.45) is 21.3. The summed E-state index contributed by atoms with van der Waals surface area (Å²) in [5.41, 5.74) is 4.34. The Kier molecular flexibility index (Phi) is 11.4. The van der Waals surface area contributed by atoms with Gasteiger partial charge < -0.3 is 10.1 Å². The van der Waals surface area contributed by atoms with Crippen molar-refractivity contribution >= 4 is 69.5 Å². The molecule has 0 unspecified atom stereocenters. The van der Waals surface area contributed by atoms with Crippen molar-refractivity contribution in [3.63, 3.8) is 0 Å². The maximum Gasteiger partial charge on any atom is 0.408 e. The van der Waals surface area contributed by atoms with Crippen LogP contribution in [-0.4, -0.2) is 90.0 Å². The number of nitrogens with zero attached hydrogens (tertiary/aromatic N) is 8. The van der Waals surface area contributed by atoms with Gasteiger partial charge in [0.25, 0.3) is 20.0 Å². The fraction of sp³-hybridized carbons (Fsp3) is 0.463. The minimum atomic E-state index is -3.81. The number of fused-ring (bicyclic) bond motifs is 12. The van der Waals surface area contributed by atoms with Gasteiger partial charge >= 0.3 is 6.09 Å². The molecule has 4 bridgehead atoms. The highest BCUT2D eigenvalue weighted by Crippen LogP contribution is 2.55. The number of carbonyl (C=O) groups excluding carboxylic acids is 1.